The molecule has 0 bridgehead atoms. The van der Waals surface area contributed by atoms with Gasteiger partial charge in [0.2, 0.25) is 5.75 Å². The molecular formula is C21H23NO5. The molecule has 0 aliphatic carbocycles. The molecule has 1 unspecified atom stereocenters. The number of Topliss-reactive ketones (excluding diaryl/α,β-unsaturated/α-hetero) is 1. The lowest BCUT2D eigenvalue weighted by molar-refractivity contribution is 0.0671. The number of ether oxygens (including phenoxy) is 3. The molecule has 0 spiro atoms. The summed E-state index contributed by atoms with van der Waals surface area (Å²) in [5.41, 5.74) is 1.02. The number of carbonyl (C=O) groups excluding carboxylic acids is 2. The van der Waals surface area contributed by atoms with E-state index in [9.17, 15) is 9.59 Å². The summed E-state index contributed by atoms with van der Waals surface area (Å²) in [5.74, 6) is 0.987. The third-order valence-corrected chi connectivity index (χ3v) is 4.79. The highest BCUT2D eigenvalue weighted by Gasteiger charge is 2.35. The molecule has 2 aromatic carbocycles. The summed E-state index contributed by atoms with van der Waals surface area (Å²) in [6, 6.07) is 11.9. The van der Waals surface area contributed by atoms with Gasteiger partial charge in [0.1, 0.15) is 0 Å². The van der Waals surface area contributed by atoms with E-state index in [1.807, 2.05) is 18.2 Å². The van der Waals surface area contributed by atoms with E-state index in [0.717, 1.165) is 6.42 Å². The molecule has 1 aliphatic heterocycles. The number of nitrogens with zero attached hydrogens (tertiary/aromatic N) is 1. The zero-order valence-corrected chi connectivity index (χ0v) is 15.7. The second kappa shape index (κ2) is 8.12. The van der Waals surface area contributed by atoms with Crippen molar-refractivity contribution >= 4 is 11.7 Å². The SMILES string of the molecule is COc1cc(C(=O)N2CCCC2C(=O)c2ccccc2)cc(OC)c1OC. The summed E-state index contributed by atoms with van der Waals surface area (Å²) in [7, 11) is 4.52. The number of benzene rings is 2. The number of ketones is 1. The Kier molecular flexibility index (Phi) is 5.64. The number of hydrogen-bond acceptors (Lipinski definition) is 5. The highest BCUT2D eigenvalue weighted by molar-refractivity contribution is 6.05. The normalized spacial score (nSPS) is 16.1. The van der Waals surface area contributed by atoms with Crippen LogP contribution in [0.5, 0.6) is 17.2 Å². The Balaban J connectivity index is 1.91. The van der Waals surface area contributed by atoms with E-state index in [1.165, 1.54) is 21.3 Å². The first-order valence-electron chi connectivity index (χ1n) is 8.81. The van der Waals surface area contributed by atoms with Crippen LogP contribution in [0.15, 0.2) is 42.5 Å². The summed E-state index contributed by atoms with van der Waals surface area (Å²) >= 11 is 0. The fraction of sp³-hybridized carbons (Fsp3) is 0.333. The van der Waals surface area contributed by atoms with Gasteiger partial charge in [0, 0.05) is 17.7 Å². The summed E-state index contributed by atoms with van der Waals surface area (Å²) in [4.78, 5) is 27.7. The Morgan fingerprint density at radius 1 is 0.926 bits per heavy atom. The third-order valence-electron chi connectivity index (χ3n) is 4.79. The van der Waals surface area contributed by atoms with Crippen LogP contribution < -0.4 is 14.2 Å². The number of rotatable bonds is 6. The Morgan fingerprint density at radius 3 is 2.11 bits per heavy atom. The number of likely N-dealkylation sites (tertiary alicyclic amines) is 1. The lowest BCUT2D eigenvalue weighted by Crippen LogP contribution is -2.40. The van der Waals surface area contributed by atoms with Crippen molar-refractivity contribution in [2.75, 3.05) is 27.9 Å². The minimum absolute atomic E-state index is 0.0334. The largest absolute Gasteiger partial charge is 0.493 e. The molecule has 142 valence electrons. The van der Waals surface area contributed by atoms with E-state index in [1.54, 1.807) is 29.2 Å². The lowest BCUT2D eigenvalue weighted by atomic mass is 10.0. The summed E-state index contributed by atoms with van der Waals surface area (Å²) in [6.45, 7) is 0.540. The third kappa shape index (κ3) is 3.60. The van der Waals surface area contributed by atoms with Crippen molar-refractivity contribution in [2.45, 2.75) is 18.9 Å². The predicted octanol–water partition coefficient (Wildman–Crippen LogP) is 3.20. The van der Waals surface area contributed by atoms with Gasteiger partial charge in [-0.25, -0.2) is 0 Å². The highest BCUT2D eigenvalue weighted by atomic mass is 16.5. The molecule has 0 aromatic heterocycles. The van der Waals surface area contributed by atoms with E-state index >= 15 is 0 Å². The molecule has 3 rings (SSSR count). The first-order chi connectivity index (χ1) is 13.1. The van der Waals surface area contributed by atoms with Gasteiger partial charge in [0.05, 0.1) is 27.4 Å². The molecule has 0 radical (unpaired) electrons. The number of methoxy groups -OCH3 is 3. The molecule has 1 fully saturated rings. The van der Waals surface area contributed by atoms with Crippen LogP contribution in [-0.4, -0.2) is 50.5 Å². The first kappa shape index (κ1) is 18.8. The Labute approximate surface area is 158 Å². The molecule has 0 N–H and O–H groups in total. The van der Waals surface area contributed by atoms with Crippen LogP contribution in [0.1, 0.15) is 33.6 Å². The van der Waals surface area contributed by atoms with Gasteiger partial charge in [0.15, 0.2) is 17.3 Å². The van der Waals surface area contributed by atoms with E-state index in [-0.39, 0.29) is 11.7 Å². The Bertz CT molecular complexity index is 809. The van der Waals surface area contributed by atoms with Gasteiger partial charge in [-0.3, -0.25) is 9.59 Å². The molecule has 1 aliphatic rings. The minimum Gasteiger partial charge on any atom is -0.493 e. The molecule has 0 saturated carbocycles. The van der Waals surface area contributed by atoms with Gasteiger partial charge in [-0.05, 0) is 25.0 Å². The van der Waals surface area contributed by atoms with Crippen molar-refractivity contribution in [3.8, 4) is 17.2 Å². The van der Waals surface area contributed by atoms with Crippen molar-refractivity contribution in [2.24, 2.45) is 0 Å². The molecule has 6 heteroatoms. The molecule has 1 saturated heterocycles. The smallest absolute Gasteiger partial charge is 0.254 e. The van der Waals surface area contributed by atoms with Crippen molar-refractivity contribution in [3.05, 3.63) is 53.6 Å². The number of amides is 1. The zero-order valence-electron chi connectivity index (χ0n) is 15.7. The van der Waals surface area contributed by atoms with Gasteiger partial charge in [-0.15, -0.1) is 0 Å². The maximum absolute atomic E-state index is 13.2. The topological polar surface area (TPSA) is 65.1 Å². The molecule has 6 nitrogen and oxygen atoms in total. The monoisotopic (exact) mass is 369 g/mol. The van der Waals surface area contributed by atoms with Gasteiger partial charge in [0.25, 0.3) is 5.91 Å². The second-order valence-corrected chi connectivity index (χ2v) is 6.30. The van der Waals surface area contributed by atoms with Crippen LogP contribution in [-0.2, 0) is 0 Å². The number of hydrogen-bond donors (Lipinski definition) is 0. The van der Waals surface area contributed by atoms with Crippen molar-refractivity contribution in [1.29, 1.82) is 0 Å². The van der Waals surface area contributed by atoms with E-state index in [4.69, 9.17) is 14.2 Å². The fourth-order valence-corrected chi connectivity index (χ4v) is 3.45. The molecule has 1 heterocycles. The highest BCUT2D eigenvalue weighted by Crippen LogP contribution is 2.39. The fourth-order valence-electron chi connectivity index (χ4n) is 3.45. The summed E-state index contributed by atoms with van der Waals surface area (Å²) < 4.78 is 16.0. The maximum Gasteiger partial charge on any atom is 0.254 e. The van der Waals surface area contributed by atoms with Crippen LogP contribution in [0.4, 0.5) is 0 Å². The molecule has 1 atom stereocenters. The van der Waals surface area contributed by atoms with Gasteiger partial charge in [-0.2, -0.15) is 0 Å². The van der Waals surface area contributed by atoms with Crippen LogP contribution >= 0.6 is 0 Å². The van der Waals surface area contributed by atoms with Gasteiger partial charge in [-0.1, -0.05) is 30.3 Å². The average molecular weight is 369 g/mol. The van der Waals surface area contributed by atoms with Crippen molar-refractivity contribution in [3.63, 3.8) is 0 Å². The predicted molar refractivity (Wildman–Crippen MR) is 101 cm³/mol. The second-order valence-electron chi connectivity index (χ2n) is 6.30. The quantitative estimate of drug-likeness (QED) is 0.732. The van der Waals surface area contributed by atoms with Crippen LogP contribution in [0.25, 0.3) is 0 Å². The van der Waals surface area contributed by atoms with Crippen LogP contribution in [0.2, 0.25) is 0 Å². The maximum atomic E-state index is 13.2. The molecule has 2 aromatic rings. The number of carbonyl (C=O) groups is 2. The Morgan fingerprint density at radius 2 is 1.56 bits per heavy atom. The van der Waals surface area contributed by atoms with Crippen molar-refractivity contribution in [1.82, 2.24) is 4.90 Å². The first-order valence-corrected chi connectivity index (χ1v) is 8.81. The van der Waals surface area contributed by atoms with Crippen LogP contribution in [0.3, 0.4) is 0 Å². The van der Waals surface area contributed by atoms with E-state index < -0.39 is 6.04 Å². The van der Waals surface area contributed by atoms with Crippen LogP contribution in [0, 0.1) is 0 Å². The average Bonchev–Trinajstić information content (AvgIpc) is 3.21. The lowest BCUT2D eigenvalue weighted by Gasteiger charge is -2.24. The zero-order chi connectivity index (χ0) is 19.4. The summed E-state index contributed by atoms with van der Waals surface area (Å²) in [6.07, 6.45) is 1.45. The van der Waals surface area contributed by atoms with E-state index in [0.29, 0.717) is 41.3 Å². The molecule has 1 amide bonds. The van der Waals surface area contributed by atoms with E-state index in [2.05, 4.69) is 0 Å². The van der Waals surface area contributed by atoms with Gasteiger partial charge < -0.3 is 19.1 Å². The Hall–Kier alpha value is -3.02. The minimum atomic E-state index is -0.459. The molecular weight excluding hydrogens is 346 g/mol. The van der Waals surface area contributed by atoms with Crippen molar-refractivity contribution < 1.29 is 23.8 Å². The molecule has 27 heavy (non-hydrogen) atoms. The standard InChI is InChI=1S/C21H23NO5/c1-25-17-12-15(13-18(26-2)20(17)27-3)21(24)22-11-7-10-16(22)19(23)14-8-5-4-6-9-14/h4-6,8-9,12-13,16H,7,10-11H2,1-3H3. The summed E-state index contributed by atoms with van der Waals surface area (Å²) in [5, 5.41) is 0. The van der Waals surface area contributed by atoms with Gasteiger partial charge >= 0.3 is 0 Å².